The molecule has 2 aromatic heterocycles. The van der Waals surface area contributed by atoms with Crippen molar-refractivity contribution in [3.63, 3.8) is 0 Å². The van der Waals surface area contributed by atoms with E-state index in [9.17, 15) is 15.0 Å². The minimum absolute atomic E-state index is 0.156. The number of carbonyl (C=O) groups excluding carboxylic acids is 1. The molecule has 0 fully saturated rings. The third kappa shape index (κ3) is 3.10. The molecule has 0 aliphatic rings. The predicted molar refractivity (Wildman–Crippen MR) is 69.5 cm³/mol. The van der Waals surface area contributed by atoms with Crippen LogP contribution in [0.25, 0.3) is 5.65 Å². The summed E-state index contributed by atoms with van der Waals surface area (Å²) in [5.74, 6) is -0.156. The van der Waals surface area contributed by atoms with Gasteiger partial charge < -0.3 is 19.9 Å². The normalized spacial score (nSPS) is 14.3. The van der Waals surface area contributed by atoms with Crippen LogP contribution in [0, 0.1) is 0 Å². The Morgan fingerprint density at radius 1 is 1.47 bits per heavy atom. The number of nitrogens with zero attached hydrogens (tertiary/aromatic N) is 2. The number of rotatable bonds is 5. The van der Waals surface area contributed by atoms with E-state index in [1.807, 2.05) is 18.2 Å². The van der Waals surface area contributed by atoms with Gasteiger partial charge in [0.25, 0.3) is 0 Å². The Bertz CT molecular complexity index is 567. The number of carbonyl (C=O) groups is 1. The standard InChI is InChI=1S/C13H17N3O3/c1-9(17)14-6-5-11(18)13(19)10-8-15-12-4-2-3-7-16(10)12/h2-4,7-8,11,13,18-19H,5-6H2,1H3,(H,14,17). The van der Waals surface area contributed by atoms with Crippen LogP contribution in [0.15, 0.2) is 30.6 Å². The van der Waals surface area contributed by atoms with Crippen molar-refractivity contribution in [1.29, 1.82) is 0 Å². The molecular formula is C13H17N3O3. The van der Waals surface area contributed by atoms with Gasteiger partial charge in [-0.1, -0.05) is 6.07 Å². The van der Waals surface area contributed by atoms with Crippen molar-refractivity contribution in [1.82, 2.24) is 14.7 Å². The molecule has 0 bridgehead atoms. The predicted octanol–water partition coefficient (Wildman–Crippen LogP) is 0.255. The van der Waals surface area contributed by atoms with Crippen LogP contribution in [0.3, 0.4) is 0 Å². The minimum atomic E-state index is -1.04. The number of hydrogen-bond acceptors (Lipinski definition) is 4. The fraction of sp³-hybridized carbons (Fsp3) is 0.385. The van der Waals surface area contributed by atoms with E-state index in [4.69, 9.17) is 0 Å². The van der Waals surface area contributed by atoms with Crippen LogP contribution in [-0.4, -0.2) is 38.2 Å². The second-order valence-corrected chi connectivity index (χ2v) is 4.40. The summed E-state index contributed by atoms with van der Waals surface area (Å²) in [5, 5.41) is 22.6. The van der Waals surface area contributed by atoms with Crippen molar-refractivity contribution in [3.8, 4) is 0 Å². The Balaban J connectivity index is 2.06. The van der Waals surface area contributed by atoms with E-state index in [2.05, 4.69) is 10.3 Å². The van der Waals surface area contributed by atoms with E-state index in [1.54, 1.807) is 16.8 Å². The second kappa shape index (κ2) is 5.81. The largest absolute Gasteiger partial charge is 0.390 e. The van der Waals surface area contributed by atoms with Crippen LogP contribution in [0.2, 0.25) is 0 Å². The average Bonchev–Trinajstić information content (AvgIpc) is 2.81. The molecule has 2 aromatic rings. The van der Waals surface area contributed by atoms with Crippen LogP contribution in [-0.2, 0) is 4.79 Å². The van der Waals surface area contributed by atoms with E-state index in [0.717, 1.165) is 0 Å². The maximum Gasteiger partial charge on any atom is 0.216 e. The summed E-state index contributed by atoms with van der Waals surface area (Å²) >= 11 is 0. The molecule has 2 rings (SSSR count). The molecule has 2 unspecified atom stereocenters. The van der Waals surface area contributed by atoms with E-state index in [-0.39, 0.29) is 12.3 Å². The molecule has 0 spiro atoms. The average molecular weight is 263 g/mol. The molecule has 0 aliphatic heterocycles. The van der Waals surface area contributed by atoms with Gasteiger partial charge in [-0.15, -0.1) is 0 Å². The molecule has 6 heteroatoms. The minimum Gasteiger partial charge on any atom is -0.390 e. The SMILES string of the molecule is CC(=O)NCCC(O)C(O)c1cnc2ccccn12. The second-order valence-electron chi connectivity index (χ2n) is 4.40. The monoisotopic (exact) mass is 263 g/mol. The van der Waals surface area contributed by atoms with Gasteiger partial charge in [-0.2, -0.15) is 0 Å². The van der Waals surface area contributed by atoms with Crippen molar-refractivity contribution in [2.45, 2.75) is 25.6 Å². The highest BCUT2D eigenvalue weighted by molar-refractivity contribution is 5.72. The van der Waals surface area contributed by atoms with Crippen molar-refractivity contribution < 1.29 is 15.0 Å². The fourth-order valence-corrected chi connectivity index (χ4v) is 1.92. The summed E-state index contributed by atoms with van der Waals surface area (Å²) in [6.45, 7) is 1.73. The van der Waals surface area contributed by atoms with Crippen LogP contribution >= 0.6 is 0 Å². The molecule has 0 saturated carbocycles. The molecule has 0 aliphatic carbocycles. The van der Waals surface area contributed by atoms with Crippen molar-refractivity contribution in [2.75, 3.05) is 6.54 Å². The fourth-order valence-electron chi connectivity index (χ4n) is 1.92. The first-order valence-corrected chi connectivity index (χ1v) is 6.12. The number of imidazole rings is 1. The van der Waals surface area contributed by atoms with Crippen LogP contribution in [0.1, 0.15) is 25.1 Å². The van der Waals surface area contributed by atoms with Gasteiger partial charge in [0.1, 0.15) is 11.8 Å². The third-order valence-electron chi connectivity index (χ3n) is 2.93. The number of amides is 1. The number of aromatic nitrogens is 2. The first-order valence-electron chi connectivity index (χ1n) is 6.12. The highest BCUT2D eigenvalue weighted by Gasteiger charge is 2.21. The molecule has 0 radical (unpaired) electrons. The Labute approximate surface area is 110 Å². The molecule has 19 heavy (non-hydrogen) atoms. The maximum atomic E-state index is 10.7. The molecule has 0 saturated heterocycles. The number of pyridine rings is 1. The van der Waals surface area contributed by atoms with Crippen LogP contribution in [0.5, 0.6) is 0 Å². The summed E-state index contributed by atoms with van der Waals surface area (Å²) in [4.78, 5) is 14.9. The molecular weight excluding hydrogens is 246 g/mol. The zero-order chi connectivity index (χ0) is 13.8. The van der Waals surface area contributed by atoms with Crippen molar-refractivity contribution in [3.05, 3.63) is 36.3 Å². The lowest BCUT2D eigenvalue weighted by Gasteiger charge is -2.17. The van der Waals surface area contributed by atoms with Crippen molar-refractivity contribution >= 4 is 11.6 Å². The highest BCUT2D eigenvalue weighted by atomic mass is 16.3. The molecule has 0 aromatic carbocycles. The van der Waals surface area contributed by atoms with Crippen molar-refractivity contribution in [2.24, 2.45) is 0 Å². The first kappa shape index (κ1) is 13.5. The smallest absolute Gasteiger partial charge is 0.216 e. The van der Waals surface area contributed by atoms with Gasteiger partial charge in [0, 0.05) is 19.7 Å². The Morgan fingerprint density at radius 3 is 3.00 bits per heavy atom. The number of aliphatic hydroxyl groups is 2. The summed E-state index contributed by atoms with van der Waals surface area (Å²) in [7, 11) is 0. The quantitative estimate of drug-likeness (QED) is 0.722. The van der Waals surface area contributed by atoms with Gasteiger partial charge >= 0.3 is 0 Å². The maximum absolute atomic E-state index is 10.7. The summed E-state index contributed by atoms with van der Waals surface area (Å²) < 4.78 is 1.73. The number of fused-ring (bicyclic) bond motifs is 1. The number of hydrogen-bond donors (Lipinski definition) is 3. The number of aliphatic hydroxyl groups excluding tert-OH is 2. The summed E-state index contributed by atoms with van der Waals surface area (Å²) in [6.07, 6.45) is 1.61. The topological polar surface area (TPSA) is 86.9 Å². The Hall–Kier alpha value is -1.92. The number of nitrogens with one attached hydrogen (secondary N) is 1. The zero-order valence-corrected chi connectivity index (χ0v) is 10.7. The van der Waals surface area contributed by atoms with Crippen LogP contribution in [0.4, 0.5) is 0 Å². The molecule has 102 valence electrons. The first-order chi connectivity index (χ1) is 9.09. The molecule has 3 N–H and O–H groups in total. The highest BCUT2D eigenvalue weighted by Crippen LogP contribution is 2.19. The van der Waals surface area contributed by atoms with E-state index in [1.165, 1.54) is 6.92 Å². The Morgan fingerprint density at radius 2 is 2.26 bits per heavy atom. The molecule has 2 heterocycles. The lowest BCUT2D eigenvalue weighted by atomic mass is 10.1. The van der Waals surface area contributed by atoms with E-state index in [0.29, 0.717) is 17.9 Å². The van der Waals surface area contributed by atoms with Crippen LogP contribution < -0.4 is 5.32 Å². The van der Waals surface area contributed by atoms with Gasteiger partial charge in [-0.25, -0.2) is 4.98 Å². The molecule has 6 nitrogen and oxygen atoms in total. The third-order valence-corrected chi connectivity index (χ3v) is 2.93. The van der Waals surface area contributed by atoms with E-state index >= 15 is 0 Å². The lowest BCUT2D eigenvalue weighted by Crippen LogP contribution is -2.28. The van der Waals surface area contributed by atoms with E-state index < -0.39 is 12.2 Å². The molecule has 2 atom stereocenters. The zero-order valence-electron chi connectivity index (χ0n) is 10.7. The van der Waals surface area contributed by atoms with Gasteiger partial charge in [0.15, 0.2) is 0 Å². The Kier molecular flexibility index (Phi) is 4.13. The van der Waals surface area contributed by atoms with Gasteiger partial charge in [-0.3, -0.25) is 4.79 Å². The van der Waals surface area contributed by atoms with Gasteiger partial charge in [0.05, 0.1) is 18.0 Å². The summed E-state index contributed by atoms with van der Waals surface area (Å²) in [5.41, 5.74) is 1.25. The van der Waals surface area contributed by atoms with Gasteiger partial charge in [-0.05, 0) is 18.6 Å². The van der Waals surface area contributed by atoms with Gasteiger partial charge in [0.2, 0.25) is 5.91 Å². The summed E-state index contributed by atoms with van der Waals surface area (Å²) in [6, 6.07) is 5.50. The molecule has 1 amide bonds. The lowest BCUT2D eigenvalue weighted by molar-refractivity contribution is -0.119.